The Morgan fingerprint density at radius 3 is 2.07 bits per heavy atom. The van der Waals surface area contributed by atoms with Gasteiger partial charge in [-0.2, -0.15) is 0 Å². The molecule has 1 aliphatic rings. The third-order valence-electron chi connectivity index (χ3n) is 4.76. The highest BCUT2D eigenvalue weighted by atomic mass is 16.5. The molecule has 0 saturated heterocycles. The summed E-state index contributed by atoms with van der Waals surface area (Å²) >= 11 is 0. The van der Waals surface area contributed by atoms with Crippen LogP contribution in [0.5, 0.6) is 11.5 Å². The summed E-state index contributed by atoms with van der Waals surface area (Å²) in [5, 5.41) is 15.9. The quantitative estimate of drug-likeness (QED) is 0.407. The first kappa shape index (κ1) is 22.6. The molecule has 0 aliphatic heterocycles. The maximum absolute atomic E-state index is 11.4. The van der Waals surface area contributed by atoms with Crippen LogP contribution < -0.4 is 15.4 Å². The van der Waals surface area contributed by atoms with E-state index in [0.717, 1.165) is 19.4 Å². The van der Waals surface area contributed by atoms with Gasteiger partial charge in [-0.1, -0.05) is 63.6 Å². The van der Waals surface area contributed by atoms with Crippen LogP contribution in [0.1, 0.15) is 69.2 Å². The molecule has 2 aromatic rings. The van der Waals surface area contributed by atoms with Crippen molar-refractivity contribution in [2.45, 2.75) is 58.8 Å². The van der Waals surface area contributed by atoms with Crippen molar-refractivity contribution in [3.8, 4) is 11.5 Å². The van der Waals surface area contributed by atoms with Crippen molar-refractivity contribution in [3.63, 3.8) is 0 Å². The first-order valence-corrected chi connectivity index (χ1v) is 10.8. The minimum Gasteiger partial charge on any atom is -0.478 e. The fraction of sp³-hybridized carbons (Fsp3) is 0.458. The van der Waals surface area contributed by atoms with Crippen LogP contribution in [0.3, 0.4) is 0 Å². The minimum absolute atomic E-state index is 0.227. The predicted octanol–water partition coefficient (Wildman–Crippen LogP) is 6.77. The Kier molecular flexibility index (Phi) is 9.90. The number of carbonyl (C=O) groups is 1. The lowest BCUT2D eigenvalue weighted by Gasteiger charge is -2.18. The molecule has 3 rings (SSSR count). The zero-order chi connectivity index (χ0) is 20.9. The Bertz CT molecular complexity index is 736. The molecular weight excluding hydrogens is 364 g/mol. The standard InChI is InChI=1S/C19H24N2O3.C5H10/c1-3-5-11-21-17-13-14(19(22)23)12-16(20-4-2)18(17)24-15-9-7-6-8-10-15;1-2-4-5-3-1/h6-10,12-13,20-21H,3-5,11H2,1-2H3,(H,22,23);1-5H2. The van der Waals surface area contributed by atoms with E-state index in [2.05, 4.69) is 17.6 Å². The van der Waals surface area contributed by atoms with Crippen molar-refractivity contribution in [2.75, 3.05) is 23.7 Å². The van der Waals surface area contributed by atoms with Crippen LogP contribution in [0.4, 0.5) is 11.4 Å². The summed E-state index contributed by atoms with van der Waals surface area (Å²) in [5.41, 5.74) is 1.58. The maximum Gasteiger partial charge on any atom is 0.335 e. The Morgan fingerprint density at radius 2 is 1.55 bits per heavy atom. The number of nitrogens with one attached hydrogen (secondary N) is 2. The van der Waals surface area contributed by atoms with E-state index in [0.29, 0.717) is 29.4 Å². The molecule has 29 heavy (non-hydrogen) atoms. The molecule has 1 saturated carbocycles. The van der Waals surface area contributed by atoms with Crippen LogP contribution in [0.25, 0.3) is 0 Å². The molecule has 0 amide bonds. The number of aromatic carboxylic acids is 1. The highest BCUT2D eigenvalue weighted by Crippen LogP contribution is 2.38. The van der Waals surface area contributed by atoms with Crippen LogP contribution in [0.2, 0.25) is 0 Å². The summed E-state index contributed by atoms with van der Waals surface area (Å²) < 4.78 is 6.04. The number of unbranched alkanes of at least 4 members (excludes halogenated alkanes) is 1. The van der Waals surface area contributed by atoms with Gasteiger partial charge in [0.25, 0.3) is 0 Å². The van der Waals surface area contributed by atoms with E-state index in [1.54, 1.807) is 12.1 Å². The van der Waals surface area contributed by atoms with Gasteiger partial charge >= 0.3 is 5.97 Å². The lowest BCUT2D eigenvalue weighted by atomic mass is 10.1. The molecule has 5 nitrogen and oxygen atoms in total. The molecule has 1 aliphatic carbocycles. The molecule has 0 unspecified atom stereocenters. The van der Waals surface area contributed by atoms with Gasteiger partial charge in [0.05, 0.1) is 16.9 Å². The Labute approximate surface area is 174 Å². The molecule has 1 fully saturated rings. The average Bonchev–Trinajstić information content (AvgIpc) is 3.31. The molecule has 3 N–H and O–H groups in total. The van der Waals surface area contributed by atoms with Crippen molar-refractivity contribution in [1.82, 2.24) is 0 Å². The van der Waals surface area contributed by atoms with Crippen molar-refractivity contribution in [3.05, 3.63) is 48.0 Å². The van der Waals surface area contributed by atoms with Gasteiger partial charge in [-0.05, 0) is 37.6 Å². The molecule has 0 atom stereocenters. The van der Waals surface area contributed by atoms with Gasteiger partial charge in [0.15, 0.2) is 5.75 Å². The molecule has 5 heteroatoms. The van der Waals surface area contributed by atoms with E-state index >= 15 is 0 Å². The number of benzene rings is 2. The monoisotopic (exact) mass is 398 g/mol. The summed E-state index contributed by atoms with van der Waals surface area (Å²) in [6.07, 6.45) is 9.55. The average molecular weight is 399 g/mol. The third kappa shape index (κ3) is 7.68. The van der Waals surface area contributed by atoms with Gasteiger partial charge < -0.3 is 20.5 Å². The summed E-state index contributed by atoms with van der Waals surface area (Å²) in [6, 6.07) is 12.7. The SMILES string of the molecule is C1CCCC1.CCCCNc1cc(C(=O)O)cc(NCC)c1Oc1ccccc1. The summed E-state index contributed by atoms with van der Waals surface area (Å²) in [6.45, 7) is 5.50. The van der Waals surface area contributed by atoms with Crippen LogP contribution in [-0.2, 0) is 0 Å². The number of carboxylic acid groups (broad SMARTS) is 1. The highest BCUT2D eigenvalue weighted by Gasteiger charge is 2.16. The lowest BCUT2D eigenvalue weighted by Crippen LogP contribution is -2.08. The first-order chi connectivity index (χ1) is 14.2. The smallest absolute Gasteiger partial charge is 0.335 e. The van der Waals surface area contributed by atoms with Gasteiger partial charge in [0.1, 0.15) is 5.75 Å². The van der Waals surface area contributed by atoms with Crippen molar-refractivity contribution < 1.29 is 14.6 Å². The molecule has 0 spiro atoms. The molecule has 0 bridgehead atoms. The molecular formula is C24H34N2O3. The number of para-hydroxylation sites is 1. The Balaban J connectivity index is 0.000000521. The van der Waals surface area contributed by atoms with Crippen molar-refractivity contribution >= 4 is 17.3 Å². The number of anilines is 2. The Morgan fingerprint density at radius 1 is 0.966 bits per heavy atom. The van der Waals surface area contributed by atoms with Gasteiger partial charge in [0.2, 0.25) is 0 Å². The van der Waals surface area contributed by atoms with E-state index in [1.807, 2.05) is 37.3 Å². The maximum atomic E-state index is 11.4. The Hall–Kier alpha value is -2.69. The number of hydrogen-bond donors (Lipinski definition) is 3. The van der Waals surface area contributed by atoms with Crippen LogP contribution in [0, 0.1) is 0 Å². The molecule has 0 heterocycles. The zero-order valence-electron chi connectivity index (χ0n) is 17.7. The molecule has 0 radical (unpaired) electrons. The number of carboxylic acids is 1. The van der Waals surface area contributed by atoms with E-state index in [1.165, 1.54) is 32.1 Å². The van der Waals surface area contributed by atoms with E-state index in [9.17, 15) is 9.90 Å². The fourth-order valence-electron chi connectivity index (χ4n) is 3.21. The van der Waals surface area contributed by atoms with Gasteiger partial charge in [-0.3, -0.25) is 0 Å². The van der Waals surface area contributed by atoms with Crippen LogP contribution in [0.15, 0.2) is 42.5 Å². The molecule has 0 aromatic heterocycles. The number of hydrogen-bond acceptors (Lipinski definition) is 4. The number of rotatable bonds is 9. The van der Waals surface area contributed by atoms with Crippen LogP contribution in [-0.4, -0.2) is 24.2 Å². The number of ether oxygens (including phenoxy) is 1. The van der Waals surface area contributed by atoms with Crippen molar-refractivity contribution in [2.24, 2.45) is 0 Å². The predicted molar refractivity (Wildman–Crippen MR) is 121 cm³/mol. The zero-order valence-corrected chi connectivity index (χ0v) is 17.7. The normalized spacial score (nSPS) is 12.6. The molecule has 158 valence electrons. The third-order valence-corrected chi connectivity index (χ3v) is 4.76. The minimum atomic E-state index is -0.959. The van der Waals surface area contributed by atoms with E-state index < -0.39 is 5.97 Å². The lowest BCUT2D eigenvalue weighted by molar-refractivity contribution is 0.0697. The van der Waals surface area contributed by atoms with Gasteiger partial charge in [-0.25, -0.2) is 4.79 Å². The van der Waals surface area contributed by atoms with Crippen molar-refractivity contribution in [1.29, 1.82) is 0 Å². The van der Waals surface area contributed by atoms with Gasteiger partial charge in [0, 0.05) is 13.1 Å². The topological polar surface area (TPSA) is 70.6 Å². The molecule has 2 aromatic carbocycles. The second kappa shape index (κ2) is 12.7. The van der Waals surface area contributed by atoms with E-state index in [-0.39, 0.29) is 5.56 Å². The van der Waals surface area contributed by atoms with Gasteiger partial charge in [-0.15, -0.1) is 0 Å². The second-order valence-corrected chi connectivity index (χ2v) is 7.20. The highest BCUT2D eigenvalue weighted by molar-refractivity contribution is 5.92. The fourth-order valence-corrected chi connectivity index (χ4v) is 3.21. The largest absolute Gasteiger partial charge is 0.478 e. The summed E-state index contributed by atoms with van der Waals surface area (Å²) in [4.78, 5) is 11.4. The first-order valence-electron chi connectivity index (χ1n) is 10.8. The summed E-state index contributed by atoms with van der Waals surface area (Å²) in [7, 11) is 0. The van der Waals surface area contributed by atoms with Crippen LogP contribution >= 0.6 is 0 Å². The van der Waals surface area contributed by atoms with E-state index in [4.69, 9.17) is 4.74 Å². The summed E-state index contributed by atoms with van der Waals surface area (Å²) in [5.74, 6) is 0.362. The second-order valence-electron chi connectivity index (χ2n) is 7.20.